The van der Waals surface area contributed by atoms with Crippen molar-refractivity contribution in [3.8, 4) is 5.75 Å². The summed E-state index contributed by atoms with van der Waals surface area (Å²) in [6.07, 6.45) is 1.56. The molecule has 0 fully saturated rings. The lowest BCUT2D eigenvalue weighted by Crippen LogP contribution is -2.09. The number of nitrogens with one attached hydrogen (secondary N) is 1. The fraction of sp³-hybridized carbons (Fsp3) is 0.200. The Labute approximate surface area is 175 Å². The molecule has 0 atom stereocenters. The Balaban J connectivity index is 1.67. The average Bonchev–Trinajstić information content (AvgIpc) is 2.66. The Morgan fingerprint density at radius 2 is 1.93 bits per heavy atom. The van der Waals surface area contributed by atoms with Crippen molar-refractivity contribution in [3.63, 3.8) is 0 Å². The third-order valence-corrected chi connectivity index (χ3v) is 5.87. The number of ether oxygens (including phenoxy) is 1. The zero-order valence-corrected chi connectivity index (χ0v) is 17.2. The highest BCUT2D eigenvalue weighted by Gasteiger charge is 2.15. The smallest absolute Gasteiger partial charge is 0.337 e. The molecular weight excluding hydrogens is 421 g/mol. The maximum atomic E-state index is 12.3. The number of aromatic amines is 1. The Bertz CT molecular complexity index is 1080. The summed E-state index contributed by atoms with van der Waals surface area (Å²) >= 11 is 13.4. The number of esters is 1. The number of carbonyl (C=O) groups excluding carboxylic acids is 1. The van der Waals surface area contributed by atoms with E-state index in [9.17, 15) is 14.7 Å². The number of thioether (sulfide) groups is 1. The molecule has 8 heteroatoms. The summed E-state index contributed by atoms with van der Waals surface area (Å²) in [6.45, 7) is 0. The summed E-state index contributed by atoms with van der Waals surface area (Å²) < 4.78 is 4.68. The van der Waals surface area contributed by atoms with Crippen LogP contribution in [0.1, 0.15) is 22.3 Å². The van der Waals surface area contributed by atoms with Gasteiger partial charge >= 0.3 is 5.97 Å². The number of hydrogen-bond acceptors (Lipinski definition) is 5. The van der Waals surface area contributed by atoms with E-state index in [1.54, 1.807) is 18.2 Å². The topological polar surface area (TPSA) is 79.4 Å². The molecule has 2 aromatic carbocycles. The van der Waals surface area contributed by atoms with Gasteiger partial charge in [0, 0.05) is 5.02 Å². The summed E-state index contributed by atoms with van der Waals surface area (Å²) in [6, 6.07) is 10.3. The number of aromatic hydroxyl groups is 1. The maximum absolute atomic E-state index is 12.3. The van der Waals surface area contributed by atoms with Crippen LogP contribution in [0.5, 0.6) is 5.75 Å². The van der Waals surface area contributed by atoms with E-state index in [2.05, 4.69) is 9.72 Å². The number of aromatic nitrogens is 1. The molecule has 0 saturated heterocycles. The second-order valence-electron chi connectivity index (χ2n) is 6.08. The molecule has 1 aromatic heterocycles. The zero-order valence-electron chi connectivity index (χ0n) is 14.9. The van der Waals surface area contributed by atoms with Gasteiger partial charge in [0.25, 0.3) is 5.56 Å². The molecule has 0 unspecified atom stereocenters. The third-order valence-electron chi connectivity index (χ3n) is 4.19. The molecule has 0 bridgehead atoms. The quantitative estimate of drug-likeness (QED) is 0.320. The highest BCUT2D eigenvalue weighted by Crippen LogP contribution is 2.37. The lowest BCUT2D eigenvalue weighted by molar-refractivity contribution is 0.0600. The van der Waals surface area contributed by atoms with Crippen LogP contribution in [0.2, 0.25) is 10.0 Å². The van der Waals surface area contributed by atoms with Crippen molar-refractivity contribution < 1.29 is 14.6 Å². The summed E-state index contributed by atoms with van der Waals surface area (Å²) in [7, 11) is 1.35. The summed E-state index contributed by atoms with van der Waals surface area (Å²) in [5, 5.41) is 11.6. The molecule has 1 heterocycles. The minimum absolute atomic E-state index is 0.132. The van der Waals surface area contributed by atoms with Crippen molar-refractivity contribution in [2.75, 3.05) is 12.9 Å². The molecular formula is C20H17Cl2NO4S. The Morgan fingerprint density at radius 3 is 2.61 bits per heavy atom. The molecule has 0 radical (unpaired) electrons. The first kappa shape index (κ1) is 20.6. The first-order valence-electron chi connectivity index (χ1n) is 8.44. The fourth-order valence-corrected chi connectivity index (χ4v) is 4.32. The number of fused-ring (bicyclic) bond motifs is 1. The summed E-state index contributed by atoms with van der Waals surface area (Å²) in [4.78, 5) is 26.7. The number of rotatable bonds is 6. The molecule has 2 N–H and O–H groups in total. The molecule has 5 nitrogen and oxygen atoms in total. The van der Waals surface area contributed by atoms with Crippen LogP contribution in [0.25, 0.3) is 10.9 Å². The van der Waals surface area contributed by atoms with Gasteiger partial charge in [0.2, 0.25) is 0 Å². The average molecular weight is 438 g/mol. The van der Waals surface area contributed by atoms with Crippen molar-refractivity contribution in [2.24, 2.45) is 0 Å². The zero-order chi connectivity index (χ0) is 20.3. The SMILES string of the molecule is COC(=O)c1ccc(CCCSc2c(O)c3c(Cl)cc(Cl)cc3[nH]c2=O)cc1. The Kier molecular flexibility index (Phi) is 6.54. The van der Waals surface area contributed by atoms with Crippen molar-refractivity contribution >= 4 is 51.8 Å². The summed E-state index contributed by atoms with van der Waals surface area (Å²) in [5.41, 5.74) is 1.60. The molecule has 28 heavy (non-hydrogen) atoms. The van der Waals surface area contributed by atoms with Crippen molar-refractivity contribution in [1.29, 1.82) is 0 Å². The van der Waals surface area contributed by atoms with E-state index in [4.69, 9.17) is 23.2 Å². The standard InChI is InChI=1S/C20H17Cl2NO4S/c1-27-20(26)12-6-4-11(5-7-12)3-2-8-28-18-17(24)16-14(22)9-13(21)10-15(16)23-19(18)25/h4-7,9-10H,2-3,8H2,1H3,(H2,23,24,25). The van der Waals surface area contributed by atoms with E-state index in [1.807, 2.05) is 12.1 Å². The molecule has 0 aliphatic carbocycles. The summed E-state index contributed by atoms with van der Waals surface area (Å²) in [5.74, 6) is 0.132. The lowest BCUT2D eigenvalue weighted by Gasteiger charge is -2.09. The first-order chi connectivity index (χ1) is 13.4. The number of hydrogen-bond donors (Lipinski definition) is 2. The minimum atomic E-state index is -0.379. The first-order valence-corrected chi connectivity index (χ1v) is 10.2. The van der Waals surface area contributed by atoms with Gasteiger partial charge in [-0.2, -0.15) is 0 Å². The van der Waals surface area contributed by atoms with Crippen molar-refractivity contribution in [1.82, 2.24) is 4.98 Å². The highest BCUT2D eigenvalue weighted by molar-refractivity contribution is 7.99. The van der Waals surface area contributed by atoms with Crippen LogP contribution in [-0.4, -0.2) is 28.9 Å². The number of benzene rings is 2. The van der Waals surface area contributed by atoms with Crippen LogP contribution in [0.4, 0.5) is 0 Å². The molecule has 3 rings (SSSR count). The number of H-pyrrole nitrogens is 1. The molecule has 3 aromatic rings. The van der Waals surface area contributed by atoms with Crippen LogP contribution >= 0.6 is 35.0 Å². The number of aryl methyl sites for hydroxylation is 1. The number of carbonyl (C=O) groups is 1. The van der Waals surface area contributed by atoms with Gasteiger partial charge in [-0.3, -0.25) is 4.79 Å². The van der Waals surface area contributed by atoms with Gasteiger partial charge in [0.15, 0.2) is 0 Å². The van der Waals surface area contributed by atoms with Gasteiger partial charge in [-0.25, -0.2) is 4.79 Å². The maximum Gasteiger partial charge on any atom is 0.337 e. The van der Waals surface area contributed by atoms with E-state index in [-0.39, 0.29) is 27.2 Å². The third kappa shape index (κ3) is 4.46. The van der Waals surface area contributed by atoms with Gasteiger partial charge in [-0.15, -0.1) is 11.8 Å². The van der Waals surface area contributed by atoms with Gasteiger partial charge in [0.1, 0.15) is 10.6 Å². The van der Waals surface area contributed by atoms with Crippen molar-refractivity contribution in [2.45, 2.75) is 17.7 Å². The molecule has 0 amide bonds. The van der Waals surface area contributed by atoms with E-state index in [1.165, 1.54) is 24.9 Å². The van der Waals surface area contributed by atoms with Gasteiger partial charge in [-0.1, -0.05) is 35.3 Å². The van der Waals surface area contributed by atoms with Gasteiger partial charge < -0.3 is 14.8 Å². The van der Waals surface area contributed by atoms with E-state index < -0.39 is 0 Å². The predicted octanol–water partition coefficient (Wildman–Crippen LogP) is 5.05. The number of halogens is 2. The molecule has 0 spiro atoms. The van der Waals surface area contributed by atoms with Crippen LogP contribution in [0.15, 0.2) is 46.1 Å². The van der Waals surface area contributed by atoms with E-state index >= 15 is 0 Å². The monoisotopic (exact) mass is 437 g/mol. The van der Waals surface area contributed by atoms with Crippen LogP contribution in [-0.2, 0) is 11.2 Å². The highest BCUT2D eigenvalue weighted by atomic mass is 35.5. The van der Waals surface area contributed by atoms with Crippen molar-refractivity contribution in [3.05, 3.63) is 67.9 Å². The normalized spacial score (nSPS) is 11.0. The van der Waals surface area contributed by atoms with Gasteiger partial charge in [0.05, 0.1) is 28.6 Å². The molecule has 146 valence electrons. The Morgan fingerprint density at radius 1 is 1.21 bits per heavy atom. The predicted molar refractivity (Wildman–Crippen MR) is 113 cm³/mol. The molecule has 0 aliphatic heterocycles. The second-order valence-corrected chi connectivity index (χ2v) is 8.03. The number of pyridine rings is 1. The van der Waals surface area contributed by atoms with Gasteiger partial charge in [-0.05, 0) is 48.4 Å². The van der Waals surface area contributed by atoms with Crippen LogP contribution in [0.3, 0.4) is 0 Å². The Hall–Kier alpha value is -2.15. The van der Waals surface area contributed by atoms with Crippen LogP contribution < -0.4 is 5.56 Å². The second kappa shape index (κ2) is 8.90. The van der Waals surface area contributed by atoms with Crippen LogP contribution in [0, 0.1) is 0 Å². The fourth-order valence-electron chi connectivity index (χ4n) is 2.82. The minimum Gasteiger partial charge on any atom is -0.506 e. The lowest BCUT2D eigenvalue weighted by atomic mass is 10.1. The number of methoxy groups -OCH3 is 1. The largest absolute Gasteiger partial charge is 0.506 e. The molecule has 0 aliphatic rings. The van der Waals surface area contributed by atoms with E-state index in [0.717, 1.165) is 18.4 Å². The molecule has 0 saturated carbocycles. The van der Waals surface area contributed by atoms with E-state index in [0.29, 0.717) is 27.2 Å².